The van der Waals surface area contributed by atoms with Crippen molar-refractivity contribution in [2.24, 2.45) is 26.1 Å². The highest BCUT2D eigenvalue weighted by atomic mass is 127. The van der Waals surface area contributed by atoms with Gasteiger partial charge in [-0.1, -0.05) is 0 Å². The van der Waals surface area contributed by atoms with Crippen LogP contribution in [0.15, 0.2) is 134 Å². The minimum Gasteiger partial charge on any atom is -0.483 e. The average Bonchev–Trinajstić information content (AvgIpc) is 4.52. The summed E-state index contributed by atoms with van der Waals surface area (Å²) in [5.74, 6) is -3.60. The number of carboxylic acid groups (broad SMARTS) is 3. The van der Waals surface area contributed by atoms with Crippen LogP contribution >= 0.6 is 22.6 Å². The number of aromatic amines is 1. The molecule has 0 bridgehead atoms. The second-order valence-electron chi connectivity index (χ2n) is 16.6. The summed E-state index contributed by atoms with van der Waals surface area (Å²) in [6.45, 7) is 1.92. The van der Waals surface area contributed by atoms with Crippen molar-refractivity contribution in [3.05, 3.63) is 184 Å². The lowest BCUT2D eigenvalue weighted by molar-refractivity contribution is -0.122. The van der Waals surface area contributed by atoms with Gasteiger partial charge in [0.25, 0.3) is 6.47 Å². The number of hydrogen-bond acceptors (Lipinski definition) is 14. The van der Waals surface area contributed by atoms with Crippen LogP contribution in [0.5, 0.6) is 0 Å². The average molecular weight is 1240 g/mol. The molecule has 8 N–H and O–H groups in total. The number of benzene rings is 5. The van der Waals surface area contributed by atoms with Gasteiger partial charge >= 0.3 is 17.9 Å². The Kier molecular flexibility index (Phi) is 20.8. The highest BCUT2D eigenvalue weighted by Crippen LogP contribution is 2.25. The van der Waals surface area contributed by atoms with E-state index in [1.165, 1.54) is 122 Å². The number of fused-ring (bicyclic) bond motifs is 4. The largest absolute Gasteiger partial charge is 0.483 e. The Morgan fingerprint density at radius 2 is 1.16 bits per heavy atom. The molecule has 82 heavy (non-hydrogen) atoms. The van der Waals surface area contributed by atoms with Crippen molar-refractivity contribution in [3.8, 4) is 11.6 Å². The van der Waals surface area contributed by atoms with Gasteiger partial charge in [0.1, 0.15) is 62.1 Å². The number of imidazole rings is 3. The third-order valence-electron chi connectivity index (χ3n) is 10.8. The smallest absolute Gasteiger partial charge is 0.342 e. The summed E-state index contributed by atoms with van der Waals surface area (Å²) in [7, 11) is 5.02. The number of nitrogens with zero attached hydrogens (tertiary/aromatic N) is 12. The fraction of sp³-hybridized carbons (Fsp3) is 0.113. The van der Waals surface area contributed by atoms with Crippen LogP contribution in [0.4, 0.5) is 39.0 Å². The molecule has 0 spiro atoms. The maximum absolute atomic E-state index is 13.3. The van der Waals surface area contributed by atoms with Crippen molar-refractivity contribution < 1.29 is 61.2 Å². The van der Waals surface area contributed by atoms with Crippen molar-refractivity contribution in [2.75, 3.05) is 18.1 Å². The summed E-state index contributed by atoms with van der Waals surface area (Å²) in [4.78, 5) is 60.8. The molecule has 1 aliphatic rings. The topological polar surface area (TPSA) is 320 Å². The summed E-state index contributed by atoms with van der Waals surface area (Å²) >= 11 is 2.00. The molecule has 0 saturated carbocycles. The number of aryl methyl sites for hydroxylation is 3. The molecule has 1 aliphatic heterocycles. The van der Waals surface area contributed by atoms with E-state index in [1.54, 1.807) is 63.6 Å². The zero-order valence-corrected chi connectivity index (χ0v) is 45.5. The number of esters is 1. The quantitative estimate of drug-likeness (QED) is 0.0297. The fourth-order valence-corrected chi connectivity index (χ4v) is 7.96. The fourth-order valence-electron chi connectivity index (χ4n) is 7.26. The number of carbonyl (C=O) groups is 4. The molecule has 6 aromatic heterocycles. The van der Waals surface area contributed by atoms with E-state index in [4.69, 9.17) is 36.3 Å². The van der Waals surface area contributed by atoms with E-state index in [-0.39, 0.29) is 58.3 Å². The number of nitrogens with two attached hydrogens (primary N) is 2. The van der Waals surface area contributed by atoms with E-state index >= 15 is 0 Å². The number of hydrogen-bond donors (Lipinski definition) is 6. The number of aliphatic imine (C=N–C) groups is 1. The Morgan fingerprint density at radius 3 is 1.74 bits per heavy atom. The molecule has 424 valence electrons. The van der Waals surface area contributed by atoms with Gasteiger partial charge < -0.3 is 36.5 Å². The number of rotatable bonds is 6. The second-order valence-corrected chi connectivity index (χ2v) is 17.7. The molecule has 5 aromatic carbocycles. The van der Waals surface area contributed by atoms with Gasteiger partial charge in [-0.2, -0.15) is 15.3 Å². The Labute approximate surface area is 473 Å². The van der Waals surface area contributed by atoms with Crippen LogP contribution in [0, 0.1) is 32.8 Å². The molecule has 0 atom stereocenters. The zero-order valence-electron chi connectivity index (χ0n) is 43.4. The first-order valence-electron chi connectivity index (χ1n) is 23.5. The summed E-state index contributed by atoms with van der Waals surface area (Å²) in [5, 5.41) is 37.4. The molecular formula is C53H47F5IN15O8. The summed E-state index contributed by atoms with van der Waals surface area (Å²) < 4.78 is 76.5. The van der Waals surface area contributed by atoms with Gasteiger partial charge in [0.05, 0.1) is 63.1 Å². The molecule has 11 aromatic rings. The number of anilines is 2. The molecule has 23 nitrogen and oxygen atoms in total. The maximum atomic E-state index is 13.3. The highest BCUT2D eigenvalue weighted by molar-refractivity contribution is 14.1. The van der Waals surface area contributed by atoms with Gasteiger partial charge in [0, 0.05) is 64.5 Å². The standard InChI is InChI=1S/2C12H9FN4O2.C8H6FN.C7H5FN2.C7H9IN2O2.C6H7FN2.CH2O2/c1-16-5-8(12(18)19)11(15-16)17-6-14-9-4-7(13)2-3-10(9)17;1-16-5-8(12(18)19)11(15-16)17-6-14-9-3-2-7(13)4-10(9)17;9-7-1-2-8-6(5-7)3-4-10-8;8-5-1-2-6-7(3-5)10-4-9-6;1-3-12-7(11)5-4-10(2)9-6(5)8;7-4-1-2-5(8)6(9)3-4;2-1-3/h2*2-6H,1H3,(H,18,19);1-2,4-5H,3H2;1-4H,(H,9,10);4H,3H2,1-2H3;1-3H,8-9H2;1H,(H,2,3). The third-order valence-corrected chi connectivity index (χ3v) is 11.6. The summed E-state index contributed by atoms with van der Waals surface area (Å²) in [6, 6.07) is 21.3. The normalized spacial score (nSPS) is 10.7. The van der Waals surface area contributed by atoms with E-state index < -0.39 is 23.6 Å². The Balaban J connectivity index is 0.000000161. The minimum absolute atomic E-state index is 0.0334. The predicted molar refractivity (Wildman–Crippen MR) is 300 cm³/mol. The first-order valence-corrected chi connectivity index (χ1v) is 24.6. The molecule has 0 amide bonds. The van der Waals surface area contributed by atoms with Crippen LogP contribution in [-0.4, -0.2) is 111 Å². The first-order chi connectivity index (χ1) is 39.1. The summed E-state index contributed by atoms with van der Waals surface area (Å²) in [6.07, 6.45) is 11.4. The van der Waals surface area contributed by atoms with Gasteiger partial charge in [0.15, 0.2) is 11.6 Å². The predicted octanol–water partition coefficient (Wildman–Crippen LogP) is 8.87. The van der Waals surface area contributed by atoms with Crippen molar-refractivity contribution in [1.29, 1.82) is 0 Å². The van der Waals surface area contributed by atoms with Gasteiger partial charge in [-0.05, 0) is 114 Å². The van der Waals surface area contributed by atoms with Crippen LogP contribution in [0.25, 0.3) is 44.7 Å². The van der Waals surface area contributed by atoms with Crippen LogP contribution in [0.3, 0.4) is 0 Å². The number of H-pyrrole nitrogens is 1. The van der Waals surface area contributed by atoms with E-state index in [0.29, 0.717) is 43.6 Å². The van der Waals surface area contributed by atoms with Gasteiger partial charge in [-0.15, -0.1) is 0 Å². The van der Waals surface area contributed by atoms with Gasteiger partial charge in [-0.25, -0.2) is 51.3 Å². The number of carboxylic acids is 2. The number of nitrogen functional groups attached to an aromatic ring is 2. The Bertz CT molecular complexity index is 4080. The van der Waals surface area contributed by atoms with E-state index in [9.17, 15) is 36.3 Å². The molecule has 12 rings (SSSR count). The van der Waals surface area contributed by atoms with E-state index in [0.717, 1.165) is 28.7 Å². The number of nitrogens with one attached hydrogen (secondary N) is 1. The summed E-state index contributed by atoms with van der Waals surface area (Å²) in [5.41, 5.74) is 17.4. The molecule has 0 saturated heterocycles. The zero-order chi connectivity index (χ0) is 59.8. The monoisotopic (exact) mass is 1240 g/mol. The molecule has 7 heterocycles. The van der Waals surface area contributed by atoms with Crippen molar-refractivity contribution in [2.45, 2.75) is 13.3 Å². The van der Waals surface area contributed by atoms with Crippen molar-refractivity contribution >= 4 is 103 Å². The molecule has 0 unspecified atom stereocenters. The van der Waals surface area contributed by atoms with E-state index in [1.807, 2.05) is 22.6 Å². The van der Waals surface area contributed by atoms with E-state index in [2.05, 4.69) is 40.2 Å². The number of carbonyl (C=O) groups excluding carboxylic acids is 1. The van der Waals surface area contributed by atoms with Crippen LogP contribution < -0.4 is 11.5 Å². The van der Waals surface area contributed by atoms with Crippen molar-refractivity contribution in [1.82, 2.24) is 58.4 Å². The van der Waals surface area contributed by atoms with Gasteiger partial charge in [-0.3, -0.25) is 33.0 Å². The minimum atomic E-state index is -1.10. The molecule has 0 aliphatic carbocycles. The first kappa shape index (κ1) is 60.9. The van der Waals surface area contributed by atoms with Crippen LogP contribution in [0.2, 0.25) is 0 Å². The number of halogens is 6. The molecule has 0 radical (unpaired) electrons. The lowest BCUT2D eigenvalue weighted by Gasteiger charge is -2.01. The second kappa shape index (κ2) is 28.0. The van der Waals surface area contributed by atoms with Gasteiger partial charge in [0.2, 0.25) is 0 Å². The van der Waals surface area contributed by atoms with Crippen molar-refractivity contribution in [3.63, 3.8) is 0 Å². The molecular weight excluding hydrogens is 1200 g/mol. The third kappa shape index (κ3) is 15.9. The number of ether oxygens (including phenoxy) is 1. The highest BCUT2D eigenvalue weighted by Gasteiger charge is 2.20. The SMILES string of the molecule is CCOC(=O)c1cn(C)nc1I.Cn1cc(C(=O)O)c(-n2cnc3cc(F)ccc32)n1.Cn1cc(C(=O)O)c(-n2cnc3ccc(F)cc32)n1.Fc1ccc2c(c1)CC=N2.Fc1ccc2nc[nH]c2c1.Nc1ccc(F)cc1N.O=CO. The number of aromatic carboxylic acids is 2. The van der Waals surface area contributed by atoms with Crippen LogP contribution in [0.1, 0.15) is 43.6 Å². The molecule has 29 heteroatoms. The Hall–Kier alpha value is -10.3. The lowest BCUT2D eigenvalue weighted by atomic mass is 10.1. The Morgan fingerprint density at radius 1 is 0.646 bits per heavy atom. The number of aromatic nitrogens is 12. The lowest BCUT2D eigenvalue weighted by Crippen LogP contribution is -2.04. The van der Waals surface area contributed by atoms with Crippen LogP contribution in [-0.2, 0) is 37.1 Å². The molecule has 0 fully saturated rings. The maximum Gasteiger partial charge on any atom is 0.342 e.